The van der Waals surface area contributed by atoms with Crippen molar-refractivity contribution in [3.05, 3.63) is 36.6 Å². The van der Waals surface area contributed by atoms with Gasteiger partial charge in [-0.3, -0.25) is 0 Å². The highest BCUT2D eigenvalue weighted by atomic mass is 15.1. The first kappa shape index (κ1) is 12.1. The predicted octanol–water partition coefficient (Wildman–Crippen LogP) is 3.75. The molecular formula is C14H23N. The number of likely N-dealkylation sites (tertiary alicyclic amines) is 1. The maximum atomic E-state index is 3.93. The smallest absolute Gasteiger partial charge is 0.0392 e. The molecule has 1 fully saturated rings. The van der Waals surface area contributed by atoms with Crippen molar-refractivity contribution < 1.29 is 0 Å². The quantitative estimate of drug-likeness (QED) is 0.618. The van der Waals surface area contributed by atoms with Crippen LogP contribution >= 0.6 is 0 Å². The summed E-state index contributed by atoms with van der Waals surface area (Å²) in [4.78, 5) is 2.44. The van der Waals surface area contributed by atoms with Crippen molar-refractivity contribution >= 4 is 0 Å². The molecule has 15 heavy (non-hydrogen) atoms. The third kappa shape index (κ3) is 3.26. The molecule has 0 aromatic heterocycles. The van der Waals surface area contributed by atoms with Crippen molar-refractivity contribution in [2.45, 2.75) is 33.1 Å². The molecule has 0 atom stereocenters. The third-order valence-corrected chi connectivity index (χ3v) is 2.84. The summed E-state index contributed by atoms with van der Waals surface area (Å²) in [6, 6.07) is 0. The number of rotatable bonds is 5. The lowest BCUT2D eigenvalue weighted by Crippen LogP contribution is -2.19. The highest BCUT2D eigenvalue weighted by Crippen LogP contribution is 2.23. The Labute approximate surface area is 94.2 Å². The van der Waals surface area contributed by atoms with Gasteiger partial charge in [0.15, 0.2) is 0 Å². The molecule has 0 saturated carbocycles. The predicted molar refractivity (Wildman–Crippen MR) is 67.7 cm³/mol. The second kappa shape index (κ2) is 5.79. The van der Waals surface area contributed by atoms with Crippen LogP contribution in [0.1, 0.15) is 33.1 Å². The number of allylic oxidation sites excluding steroid dienone is 3. The van der Waals surface area contributed by atoms with E-state index in [9.17, 15) is 0 Å². The van der Waals surface area contributed by atoms with E-state index in [0.29, 0.717) is 5.92 Å². The van der Waals surface area contributed by atoms with E-state index < -0.39 is 0 Å². The molecule has 0 aromatic carbocycles. The lowest BCUT2D eigenvalue weighted by atomic mass is 10.0. The first-order valence-electron chi connectivity index (χ1n) is 5.92. The van der Waals surface area contributed by atoms with Gasteiger partial charge in [-0.1, -0.05) is 33.1 Å². The van der Waals surface area contributed by atoms with Crippen molar-refractivity contribution in [2.24, 2.45) is 5.92 Å². The fourth-order valence-corrected chi connectivity index (χ4v) is 2.15. The molecule has 1 aliphatic heterocycles. The van der Waals surface area contributed by atoms with E-state index in [2.05, 4.69) is 31.9 Å². The monoisotopic (exact) mass is 205 g/mol. The van der Waals surface area contributed by atoms with Gasteiger partial charge in [-0.15, -0.1) is 0 Å². The van der Waals surface area contributed by atoms with Gasteiger partial charge < -0.3 is 4.90 Å². The highest BCUT2D eigenvalue weighted by molar-refractivity contribution is 5.31. The summed E-state index contributed by atoms with van der Waals surface area (Å²) in [6.45, 7) is 14.7. The average Bonchev–Trinajstić information content (AvgIpc) is 2.70. The molecule has 1 rings (SSSR count). The Kier molecular flexibility index (Phi) is 4.67. The molecule has 0 unspecified atom stereocenters. The molecule has 0 aliphatic carbocycles. The van der Waals surface area contributed by atoms with Crippen LogP contribution in [0.25, 0.3) is 0 Å². The molecule has 0 bridgehead atoms. The summed E-state index contributed by atoms with van der Waals surface area (Å²) in [7, 11) is 0. The van der Waals surface area contributed by atoms with Crippen LogP contribution in [0, 0.1) is 5.92 Å². The fourth-order valence-electron chi connectivity index (χ4n) is 2.15. The lowest BCUT2D eigenvalue weighted by Gasteiger charge is -2.22. The third-order valence-electron chi connectivity index (χ3n) is 2.84. The zero-order valence-corrected chi connectivity index (χ0v) is 10.1. The number of hydrogen-bond donors (Lipinski definition) is 0. The van der Waals surface area contributed by atoms with Crippen LogP contribution in [-0.2, 0) is 0 Å². The summed E-state index contributed by atoms with van der Waals surface area (Å²) in [5, 5.41) is 0. The summed E-state index contributed by atoms with van der Waals surface area (Å²) >= 11 is 0. The van der Waals surface area contributed by atoms with Crippen LogP contribution in [0.2, 0.25) is 0 Å². The van der Waals surface area contributed by atoms with E-state index in [1.165, 1.54) is 37.2 Å². The Morgan fingerprint density at radius 2 is 1.80 bits per heavy atom. The lowest BCUT2D eigenvalue weighted by molar-refractivity contribution is 0.432. The molecule has 0 radical (unpaired) electrons. The van der Waals surface area contributed by atoms with Crippen molar-refractivity contribution in [3.8, 4) is 0 Å². The van der Waals surface area contributed by atoms with Crippen molar-refractivity contribution in [1.82, 2.24) is 4.90 Å². The van der Waals surface area contributed by atoms with E-state index in [1.807, 2.05) is 12.2 Å². The maximum absolute atomic E-state index is 3.93. The second-order valence-corrected chi connectivity index (χ2v) is 4.61. The van der Waals surface area contributed by atoms with Gasteiger partial charge in [0.05, 0.1) is 0 Å². The van der Waals surface area contributed by atoms with Gasteiger partial charge in [0.2, 0.25) is 0 Å². The van der Waals surface area contributed by atoms with Crippen LogP contribution in [0.4, 0.5) is 0 Å². The van der Waals surface area contributed by atoms with Crippen LogP contribution in [0.15, 0.2) is 36.6 Å². The minimum atomic E-state index is 0.676. The van der Waals surface area contributed by atoms with Crippen LogP contribution in [-0.4, -0.2) is 18.0 Å². The molecule has 0 spiro atoms. The SMILES string of the molecule is C=C/C(CC(C)C)=C(\C=C)N1CCCC1. The maximum Gasteiger partial charge on any atom is 0.0392 e. The number of nitrogens with zero attached hydrogens (tertiary/aromatic N) is 1. The van der Waals surface area contributed by atoms with Crippen molar-refractivity contribution in [2.75, 3.05) is 13.1 Å². The van der Waals surface area contributed by atoms with Gasteiger partial charge in [-0.05, 0) is 36.8 Å². The van der Waals surface area contributed by atoms with Crippen molar-refractivity contribution in [1.29, 1.82) is 0 Å². The first-order valence-corrected chi connectivity index (χ1v) is 5.92. The Hall–Kier alpha value is -0.980. The molecule has 1 heteroatoms. The fraction of sp³-hybridized carbons (Fsp3) is 0.571. The van der Waals surface area contributed by atoms with Gasteiger partial charge in [0.25, 0.3) is 0 Å². The van der Waals surface area contributed by atoms with E-state index >= 15 is 0 Å². The number of hydrogen-bond acceptors (Lipinski definition) is 1. The zero-order valence-electron chi connectivity index (χ0n) is 10.1. The standard InChI is InChI=1S/C14H23N/c1-5-13(11-12(3)4)14(6-2)15-9-7-8-10-15/h5-6,12H,1-2,7-11H2,3-4H3/b14-13-. The molecule has 0 aromatic rings. The Morgan fingerprint density at radius 3 is 2.20 bits per heavy atom. The Morgan fingerprint density at radius 1 is 1.20 bits per heavy atom. The summed E-state index contributed by atoms with van der Waals surface area (Å²) < 4.78 is 0. The molecule has 1 saturated heterocycles. The largest absolute Gasteiger partial charge is 0.371 e. The topological polar surface area (TPSA) is 3.24 Å². The Bertz CT molecular complexity index is 255. The summed E-state index contributed by atoms with van der Waals surface area (Å²) in [5.41, 5.74) is 2.65. The van der Waals surface area contributed by atoms with Gasteiger partial charge in [0.1, 0.15) is 0 Å². The Balaban J connectivity index is 2.85. The molecule has 1 aliphatic rings. The molecule has 84 valence electrons. The normalized spacial score (nSPS) is 17.9. The van der Waals surface area contributed by atoms with Crippen molar-refractivity contribution in [3.63, 3.8) is 0 Å². The van der Waals surface area contributed by atoms with Gasteiger partial charge >= 0.3 is 0 Å². The van der Waals surface area contributed by atoms with E-state index in [0.717, 1.165) is 6.42 Å². The first-order chi connectivity index (χ1) is 7.19. The van der Waals surface area contributed by atoms with E-state index in [1.54, 1.807) is 0 Å². The highest BCUT2D eigenvalue weighted by Gasteiger charge is 2.15. The summed E-state index contributed by atoms with van der Waals surface area (Å²) in [6.07, 6.45) is 7.70. The van der Waals surface area contributed by atoms with E-state index in [-0.39, 0.29) is 0 Å². The van der Waals surface area contributed by atoms with Gasteiger partial charge in [-0.2, -0.15) is 0 Å². The molecule has 1 heterocycles. The molecular weight excluding hydrogens is 182 g/mol. The van der Waals surface area contributed by atoms with Crippen LogP contribution < -0.4 is 0 Å². The second-order valence-electron chi connectivity index (χ2n) is 4.61. The van der Waals surface area contributed by atoms with Gasteiger partial charge in [0, 0.05) is 18.8 Å². The van der Waals surface area contributed by atoms with Crippen LogP contribution in [0.3, 0.4) is 0 Å². The zero-order chi connectivity index (χ0) is 11.3. The molecule has 1 nitrogen and oxygen atoms in total. The average molecular weight is 205 g/mol. The minimum absolute atomic E-state index is 0.676. The van der Waals surface area contributed by atoms with E-state index in [4.69, 9.17) is 0 Å². The molecule has 0 N–H and O–H groups in total. The minimum Gasteiger partial charge on any atom is -0.371 e. The van der Waals surface area contributed by atoms with Gasteiger partial charge in [-0.25, -0.2) is 0 Å². The van der Waals surface area contributed by atoms with Crippen LogP contribution in [0.5, 0.6) is 0 Å². The molecule has 0 amide bonds. The summed E-state index contributed by atoms with van der Waals surface area (Å²) in [5.74, 6) is 0.676.